The van der Waals surface area contributed by atoms with Gasteiger partial charge in [-0.3, -0.25) is 9.59 Å². The number of amides is 2. The number of hydrogen-bond donors (Lipinski definition) is 1. The van der Waals surface area contributed by atoms with Crippen molar-refractivity contribution in [3.8, 4) is 11.1 Å². The number of nitrogens with one attached hydrogen (secondary N) is 1. The highest BCUT2D eigenvalue weighted by molar-refractivity contribution is 5.95. The van der Waals surface area contributed by atoms with E-state index in [9.17, 15) is 9.59 Å². The van der Waals surface area contributed by atoms with Gasteiger partial charge in [0.1, 0.15) is 0 Å². The van der Waals surface area contributed by atoms with Crippen LogP contribution in [-0.2, 0) is 4.74 Å². The highest BCUT2D eigenvalue weighted by Gasteiger charge is 2.18. The van der Waals surface area contributed by atoms with Crippen molar-refractivity contribution >= 4 is 29.1 Å². The van der Waals surface area contributed by atoms with Crippen molar-refractivity contribution in [3.63, 3.8) is 0 Å². The minimum absolute atomic E-state index is 0.00801. The Labute approximate surface area is 202 Å². The standard InChI is InChI=1S/C26H26N6O3/c1-30(2)24(33)19-7-5-18(6-8-19)22-4-3-13-32-23(22)28-26(29-32)27-21-11-9-20(10-12-21)25(34)31-14-16-35-17-15-31/h3-13H,14-17H2,1-2H3,(H,27,29). The lowest BCUT2D eigenvalue weighted by molar-refractivity contribution is 0.0303. The molecule has 1 aliphatic heterocycles. The van der Waals surface area contributed by atoms with Crippen LogP contribution in [0.15, 0.2) is 66.9 Å². The van der Waals surface area contributed by atoms with Gasteiger partial charge in [0.05, 0.1) is 13.2 Å². The van der Waals surface area contributed by atoms with Crippen LogP contribution in [0, 0.1) is 0 Å². The first kappa shape index (κ1) is 22.5. The Balaban J connectivity index is 1.35. The Bertz CT molecular complexity index is 1360. The summed E-state index contributed by atoms with van der Waals surface area (Å²) in [5.74, 6) is 0.416. The molecule has 1 aliphatic rings. The molecule has 9 nitrogen and oxygen atoms in total. The van der Waals surface area contributed by atoms with Crippen LogP contribution in [0.4, 0.5) is 11.6 Å². The van der Waals surface area contributed by atoms with Crippen molar-refractivity contribution in [2.75, 3.05) is 45.7 Å². The Hall–Kier alpha value is -4.24. The normalized spacial score (nSPS) is 13.6. The van der Waals surface area contributed by atoms with Gasteiger partial charge in [0, 0.05) is 55.8 Å². The largest absolute Gasteiger partial charge is 0.378 e. The van der Waals surface area contributed by atoms with Crippen LogP contribution in [0.2, 0.25) is 0 Å². The number of anilines is 2. The molecule has 2 aromatic carbocycles. The highest BCUT2D eigenvalue weighted by Crippen LogP contribution is 2.26. The van der Waals surface area contributed by atoms with Crippen molar-refractivity contribution in [3.05, 3.63) is 78.0 Å². The van der Waals surface area contributed by atoms with E-state index in [4.69, 9.17) is 4.74 Å². The molecular formula is C26H26N6O3. The van der Waals surface area contributed by atoms with Gasteiger partial charge in [0.25, 0.3) is 11.8 Å². The monoisotopic (exact) mass is 470 g/mol. The lowest BCUT2D eigenvalue weighted by Gasteiger charge is -2.26. The first-order chi connectivity index (χ1) is 17.0. The minimum atomic E-state index is -0.0404. The average molecular weight is 471 g/mol. The molecule has 2 aromatic heterocycles. The predicted octanol–water partition coefficient (Wildman–Crippen LogP) is 3.31. The van der Waals surface area contributed by atoms with E-state index in [1.807, 2.05) is 54.7 Å². The fraction of sp³-hybridized carbons (Fsp3) is 0.231. The molecule has 2 amide bonds. The summed E-state index contributed by atoms with van der Waals surface area (Å²) in [6.07, 6.45) is 1.84. The molecule has 5 rings (SSSR count). The molecule has 0 bridgehead atoms. The minimum Gasteiger partial charge on any atom is -0.378 e. The Kier molecular flexibility index (Phi) is 6.15. The Morgan fingerprint density at radius 3 is 2.31 bits per heavy atom. The van der Waals surface area contributed by atoms with E-state index < -0.39 is 0 Å². The number of ether oxygens (including phenoxy) is 1. The van der Waals surface area contributed by atoms with Gasteiger partial charge in [-0.15, -0.1) is 5.10 Å². The Morgan fingerprint density at radius 1 is 0.943 bits per heavy atom. The molecule has 35 heavy (non-hydrogen) atoms. The van der Waals surface area contributed by atoms with Gasteiger partial charge >= 0.3 is 0 Å². The zero-order chi connectivity index (χ0) is 24.4. The third kappa shape index (κ3) is 4.71. The van der Waals surface area contributed by atoms with Crippen molar-refractivity contribution in [1.29, 1.82) is 0 Å². The zero-order valence-corrected chi connectivity index (χ0v) is 19.6. The molecule has 9 heteroatoms. The predicted molar refractivity (Wildman–Crippen MR) is 133 cm³/mol. The van der Waals surface area contributed by atoms with Crippen molar-refractivity contribution in [1.82, 2.24) is 24.4 Å². The summed E-state index contributed by atoms with van der Waals surface area (Å²) in [6, 6.07) is 18.6. The van der Waals surface area contributed by atoms with Crippen molar-refractivity contribution in [2.45, 2.75) is 0 Å². The number of morpholine rings is 1. The number of nitrogens with zero attached hydrogens (tertiary/aromatic N) is 5. The van der Waals surface area contributed by atoms with E-state index in [0.29, 0.717) is 49.0 Å². The van der Waals surface area contributed by atoms with Gasteiger partial charge in [-0.2, -0.15) is 4.98 Å². The molecule has 0 radical (unpaired) electrons. The molecule has 0 unspecified atom stereocenters. The molecule has 178 valence electrons. The van der Waals surface area contributed by atoms with Gasteiger partial charge in [-0.1, -0.05) is 12.1 Å². The van der Waals surface area contributed by atoms with Gasteiger partial charge in [0.2, 0.25) is 5.95 Å². The quantitative estimate of drug-likeness (QED) is 0.481. The molecule has 1 N–H and O–H groups in total. The third-order valence-corrected chi connectivity index (χ3v) is 5.90. The molecule has 0 atom stereocenters. The zero-order valence-electron chi connectivity index (χ0n) is 19.6. The SMILES string of the molecule is CN(C)C(=O)c1ccc(-c2cccn3nc(Nc4ccc(C(=O)N5CCOCC5)cc4)nc23)cc1. The summed E-state index contributed by atoms with van der Waals surface area (Å²) < 4.78 is 7.04. The second-order valence-corrected chi connectivity index (χ2v) is 8.51. The maximum atomic E-state index is 12.7. The molecule has 3 heterocycles. The van der Waals surface area contributed by atoms with Crippen LogP contribution >= 0.6 is 0 Å². The van der Waals surface area contributed by atoms with E-state index in [0.717, 1.165) is 16.8 Å². The smallest absolute Gasteiger partial charge is 0.254 e. The second-order valence-electron chi connectivity index (χ2n) is 8.51. The van der Waals surface area contributed by atoms with Crippen molar-refractivity contribution in [2.24, 2.45) is 0 Å². The summed E-state index contributed by atoms with van der Waals surface area (Å²) in [6.45, 7) is 2.37. The molecule has 4 aromatic rings. The molecule has 0 saturated carbocycles. The van der Waals surface area contributed by atoms with E-state index in [1.165, 1.54) is 0 Å². The van der Waals surface area contributed by atoms with Crippen LogP contribution in [0.3, 0.4) is 0 Å². The molecule has 1 fully saturated rings. The van der Waals surface area contributed by atoms with Crippen molar-refractivity contribution < 1.29 is 14.3 Å². The van der Waals surface area contributed by atoms with Gasteiger partial charge < -0.3 is 19.9 Å². The maximum Gasteiger partial charge on any atom is 0.254 e. The van der Waals surface area contributed by atoms with Crippen LogP contribution in [0.1, 0.15) is 20.7 Å². The molecule has 0 aliphatic carbocycles. The van der Waals surface area contributed by atoms with E-state index in [1.54, 1.807) is 40.5 Å². The summed E-state index contributed by atoms with van der Waals surface area (Å²) in [7, 11) is 3.47. The first-order valence-corrected chi connectivity index (χ1v) is 11.4. The molecular weight excluding hydrogens is 444 g/mol. The van der Waals surface area contributed by atoms with E-state index >= 15 is 0 Å². The fourth-order valence-corrected chi connectivity index (χ4v) is 4.01. The van der Waals surface area contributed by atoms with E-state index in [-0.39, 0.29) is 11.8 Å². The molecule has 0 spiro atoms. The number of benzene rings is 2. The number of hydrogen-bond acceptors (Lipinski definition) is 6. The summed E-state index contributed by atoms with van der Waals surface area (Å²) >= 11 is 0. The number of rotatable bonds is 5. The number of fused-ring (bicyclic) bond motifs is 1. The lowest BCUT2D eigenvalue weighted by atomic mass is 10.0. The average Bonchev–Trinajstić information content (AvgIpc) is 3.31. The van der Waals surface area contributed by atoms with Crippen LogP contribution < -0.4 is 5.32 Å². The van der Waals surface area contributed by atoms with E-state index in [2.05, 4.69) is 15.4 Å². The molecule has 1 saturated heterocycles. The summed E-state index contributed by atoms with van der Waals surface area (Å²) in [4.78, 5) is 32.9. The topological polar surface area (TPSA) is 92.1 Å². The summed E-state index contributed by atoms with van der Waals surface area (Å²) in [5, 5.41) is 7.75. The number of carbonyl (C=O) groups is 2. The lowest BCUT2D eigenvalue weighted by Crippen LogP contribution is -2.40. The highest BCUT2D eigenvalue weighted by atomic mass is 16.5. The van der Waals surface area contributed by atoms with Gasteiger partial charge in [0.15, 0.2) is 5.65 Å². The number of aromatic nitrogens is 3. The second kappa shape index (κ2) is 9.55. The first-order valence-electron chi connectivity index (χ1n) is 11.4. The number of pyridine rings is 1. The van der Waals surface area contributed by atoms with Crippen LogP contribution in [0.25, 0.3) is 16.8 Å². The van der Waals surface area contributed by atoms with Crippen LogP contribution in [0.5, 0.6) is 0 Å². The maximum absolute atomic E-state index is 12.7. The van der Waals surface area contributed by atoms with Gasteiger partial charge in [-0.25, -0.2) is 4.52 Å². The van der Waals surface area contributed by atoms with Gasteiger partial charge in [-0.05, 0) is 54.1 Å². The number of carbonyl (C=O) groups excluding carboxylic acids is 2. The fourth-order valence-electron chi connectivity index (χ4n) is 4.01. The summed E-state index contributed by atoms with van der Waals surface area (Å²) in [5.41, 5.74) is 4.59. The third-order valence-electron chi connectivity index (χ3n) is 5.90. The van der Waals surface area contributed by atoms with Crippen LogP contribution in [-0.4, -0.2) is 76.6 Å². The Morgan fingerprint density at radius 2 is 1.63 bits per heavy atom.